The summed E-state index contributed by atoms with van der Waals surface area (Å²) in [6.45, 7) is 4.98. The number of carbonyl (C=O) groups is 1. The van der Waals surface area contributed by atoms with Crippen LogP contribution in [0, 0.1) is 6.92 Å². The van der Waals surface area contributed by atoms with Gasteiger partial charge >= 0.3 is 0 Å². The van der Waals surface area contributed by atoms with Gasteiger partial charge in [-0.15, -0.1) is 0 Å². The summed E-state index contributed by atoms with van der Waals surface area (Å²) >= 11 is 6.75. The molecule has 4 aromatic rings. The molecule has 0 N–H and O–H groups in total. The molecule has 6 rings (SSSR count). The van der Waals surface area contributed by atoms with Crippen LogP contribution in [0.15, 0.2) is 42.9 Å². The number of hydrogen-bond acceptors (Lipinski definition) is 6. The molecule has 1 aromatic carbocycles. The fourth-order valence-electron chi connectivity index (χ4n) is 4.62. The van der Waals surface area contributed by atoms with Crippen LogP contribution < -0.4 is 4.74 Å². The smallest absolute Gasteiger partial charge is 0.254 e. The highest BCUT2D eigenvalue weighted by atomic mass is 35.5. The van der Waals surface area contributed by atoms with Crippen molar-refractivity contribution in [2.24, 2.45) is 0 Å². The first-order valence-corrected chi connectivity index (χ1v) is 12.7. The highest BCUT2D eigenvalue weighted by Crippen LogP contribution is 2.41. The Morgan fingerprint density at radius 2 is 2.05 bits per heavy atom. The largest absolute Gasteiger partial charge is 0.470 e. The number of amides is 1. The number of aryl methyl sites for hydroxylation is 1. The number of rotatable bonds is 6. The number of alkyl halides is 1. The summed E-state index contributed by atoms with van der Waals surface area (Å²) in [6.07, 6.45) is 4.55. The molecule has 0 radical (unpaired) electrons. The maximum absolute atomic E-state index is 13.6. The summed E-state index contributed by atoms with van der Waals surface area (Å²) in [6, 6.07) is 9.05. The van der Waals surface area contributed by atoms with Gasteiger partial charge in [-0.05, 0) is 69.0 Å². The number of ether oxygens (including phenoxy) is 1. The van der Waals surface area contributed by atoms with Gasteiger partial charge in [0.25, 0.3) is 5.91 Å². The van der Waals surface area contributed by atoms with E-state index < -0.39 is 6.17 Å². The fourth-order valence-corrected chi connectivity index (χ4v) is 4.88. The van der Waals surface area contributed by atoms with E-state index in [9.17, 15) is 9.18 Å². The van der Waals surface area contributed by atoms with Crippen LogP contribution in [-0.4, -0.2) is 60.2 Å². The third-order valence-electron chi connectivity index (χ3n) is 6.96. The molecule has 1 saturated carbocycles. The van der Waals surface area contributed by atoms with Gasteiger partial charge in [0.15, 0.2) is 11.2 Å². The lowest BCUT2D eigenvalue weighted by Crippen LogP contribution is -2.28. The minimum atomic E-state index is -0.982. The second-order valence-electron chi connectivity index (χ2n) is 10.1. The van der Waals surface area contributed by atoms with Gasteiger partial charge < -0.3 is 14.2 Å². The molecule has 2 aliphatic rings. The lowest BCUT2D eigenvalue weighted by molar-refractivity contribution is 0.0783. The molecule has 2 fully saturated rings. The van der Waals surface area contributed by atoms with Crippen molar-refractivity contribution in [3.8, 4) is 17.3 Å². The number of fused-ring (bicyclic) bond motifs is 1. The van der Waals surface area contributed by atoms with Crippen molar-refractivity contribution in [1.29, 1.82) is 0 Å². The van der Waals surface area contributed by atoms with E-state index in [1.54, 1.807) is 24.4 Å². The molecule has 1 atom stereocenters. The summed E-state index contributed by atoms with van der Waals surface area (Å²) < 4.78 is 21.8. The van der Waals surface area contributed by atoms with Crippen molar-refractivity contribution < 1.29 is 13.9 Å². The Balaban J connectivity index is 1.44. The Morgan fingerprint density at radius 3 is 2.76 bits per heavy atom. The Hall–Kier alpha value is -3.59. The van der Waals surface area contributed by atoms with Crippen molar-refractivity contribution in [2.75, 3.05) is 13.1 Å². The topological polar surface area (TPSA) is 86.0 Å². The van der Waals surface area contributed by atoms with Crippen LogP contribution >= 0.6 is 11.6 Å². The van der Waals surface area contributed by atoms with E-state index in [0.29, 0.717) is 58.5 Å². The first kappa shape index (κ1) is 23.8. The van der Waals surface area contributed by atoms with E-state index in [2.05, 4.69) is 15.0 Å². The Kier molecular flexibility index (Phi) is 5.82. The molecule has 4 heterocycles. The number of aromatic nitrogens is 5. The van der Waals surface area contributed by atoms with Crippen molar-refractivity contribution in [3.63, 3.8) is 0 Å². The summed E-state index contributed by atoms with van der Waals surface area (Å²) in [5, 5.41) is 0.361. The molecule has 3 aromatic heterocycles. The van der Waals surface area contributed by atoms with Crippen molar-refractivity contribution in [2.45, 2.75) is 51.4 Å². The molecule has 8 nitrogen and oxygen atoms in total. The summed E-state index contributed by atoms with van der Waals surface area (Å²) in [5.74, 6) is 0.767. The summed E-state index contributed by atoms with van der Waals surface area (Å²) in [5.41, 5.74) is 3.89. The number of carbonyl (C=O) groups excluding carboxylic acids is 1. The zero-order valence-corrected chi connectivity index (χ0v) is 21.4. The minimum Gasteiger partial charge on any atom is -0.470 e. The van der Waals surface area contributed by atoms with Crippen LogP contribution in [0.1, 0.15) is 47.8 Å². The Bertz CT molecular complexity index is 1520. The van der Waals surface area contributed by atoms with E-state index in [0.717, 1.165) is 24.1 Å². The molecule has 1 aliphatic heterocycles. The second kappa shape index (κ2) is 9.06. The molecule has 190 valence electrons. The van der Waals surface area contributed by atoms with Crippen LogP contribution in [0.3, 0.4) is 0 Å². The fraction of sp³-hybridized carbons (Fsp3) is 0.370. The van der Waals surface area contributed by atoms with Gasteiger partial charge in [0.2, 0.25) is 5.88 Å². The molecule has 1 amide bonds. The van der Waals surface area contributed by atoms with Crippen LogP contribution in [0.2, 0.25) is 5.02 Å². The SMILES string of the molecule is Cc1ccnc(Cn2c(-c3ccc(C(=O)N4CC[C@H](F)C4)cc3Cl)nc3c(OC4(C)CC4)ncnc32)c1. The number of nitrogens with zero attached hydrogens (tertiary/aromatic N) is 6. The monoisotopic (exact) mass is 520 g/mol. The number of imidazole rings is 1. The van der Waals surface area contributed by atoms with Gasteiger partial charge in [-0.25, -0.2) is 14.4 Å². The van der Waals surface area contributed by atoms with Gasteiger partial charge in [-0.2, -0.15) is 4.98 Å². The maximum atomic E-state index is 13.6. The average molecular weight is 521 g/mol. The van der Waals surface area contributed by atoms with Crippen LogP contribution in [0.5, 0.6) is 5.88 Å². The van der Waals surface area contributed by atoms with E-state index in [-0.39, 0.29) is 18.1 Å². The molecule has 1 saturated heterocycles. The Morgan fingerprint density at radius 1 is 1.22 bits per heavy atom. The Labute approximate surface area is 218 Å². The van der Waals surface area contributed by atoms with E-state index in [4.69, 9.17) is 21.3 Å². The van der Waals surface area contributed by atoms with Crippen LogP contribution in [0.4, 0.5) is 4.39 Å². The maximum Gasteiger partial charge on any atom is 0.254 e. The molecule has 0 spiro atoms. The molecule has 10 heteroatoms. The summed E-state index contributed by atoms with van der Waals surface area (Å²) in [4.78, 5) is 32.7. The number of pyridine rings is 1. The highest BCUT2D eigenvalue weighted by Gasteiger charge is 2.41. The lowest BCUT2D eigenvalue weighted by Gasteiger charge is -2.16. The third-order valence-corrected chi connectivity index (χ3v) is 7.28. The number of hydrogen-bond donors (Lipinski definition) is 0. The first-order valence-electron chi connectivity index (χ1n) is 12.3. The van der Waals surface area contributed by atoms with Gasteiger partial charge in [-0.3, -0.25) is 9.78 Å². The lowest BCUT2D eigenvalue weighted by atomic mass is 10.1. The number of benzene rings is 1. The van der Waals surface area contributed by atoms with Crippen molar-refractivity contribution in [3.05, 3.63) is 64.7 Å². The van der Waals surface area contributed by atoms with Crippen molar-refractivity contribution >= 4 is 28.7 Å². The zero-order valence-electron chi connectivity index (χ0n) is 20.6. The molecule has 1 aliphatic carbocycles. The number of halogens is 2. The van der Waals surface area contributed by atoms with Crippen LogP contribution in [0.25, 0.3) is 22.6 Å². The van der Waals surface area contributed by atoms with Gasteiger partial charge in [0.05, 0.1) is 23.8 Å². The third kappa shape index (κ3) is 4.64. The quantitative estimate of drug-likeness (QED) is 0.355. The second-order valence-corrected chi connectivity index (χ2v) is 10.5. The summed E-state index contributed by atoms with van der Waals surface area (Å²) in [7, 11) is 0. The minimum absolute atomic E-state index is 0.109. The zero-order chi connectivity index (χ0) is 25.7. The standard InChI is InChI=1S/C27H26ClFN6O2/c1-16-5-9-30-19(11-16)14-35-23(33-22-24(35)31-15-32-25(22)37-27(2)7-8-27)20-4-3-17(12-21(20)28)26(36)34-10-6-18(29)13-34/h3-5,9,11-12,15,18H,6-8,10,13-14H2,1-2H3/t18-/m0/s1. The van der Waals surface area contributed by atoms with E-state index >= 15 is 0 Å². The number of likely N-dealkylation sites (tertiary alicyclic amines) is 1. The average Bonchev–Trinajstić information content (AvgIpc) is 3.26. The molecular weight excluding hydrogens is 495 g/mol. The van der Waals surface area contributed by atoms with Gasteiger partial charge in [0, 0.05) is 23.9 Å². The van der Waals surface area contributed by atoms with Crippen LogP contribution in [-0.2, 0) is 6.54 Å². The van der Waals surface area contributed by atoms with Gasteiger partial charge in [-0.1, -0.05) is 11.6 Å². The first-order chi connectivity index (χ1) is 17.8. The molecule has 0 unspecified atom stereocenters. The molecule has 0 bridgehead atoms. The van der Waals surface area contributed by atoms with E-state index in [1.807, 2.05) is 30.5 Å². The normalized spacial score (nSPS) is 18.4. The predicted octanol–water partition coefficient (Wildman–Crippen LogP) is 5.01. The van der Waals surface area contributed by atoms with Gasteiger partial charge in [0.1, 0.15) is 23.9 Å². The predicted molar refractivity (Wildman–Crippen MR) is 138 cm³/mol. The molecule has 37 heavy (non-hydrogen) atoms. The highest BCUT2D eigenvalue weighted by molar-refractivity contribution is 6.33. The van der Waals surface area contributed by atoms with E-state index in [1.165, 1.54) is 11.2 Å². The van der Waals surface area contributed by atoms with Crippen molar-refractivity contribution in [1.82, 2.24) is 29.4 Å². The molecular formula is C27H26ClFN6O2.